The normalized spacial score (nSPS) is 11.5. The molecule has 3 aromatic rings. The maximum Gasteiger partial charge on any atom is 0.279 e. The van der Waals surface area contributed by atoms with Crippen molar-refractivity contribution in [1.29, 1.82) is 0 Å². The summed E-state index contributed by atoms with van der Waals surface area (Å²) < 4.78 is 12.8. The number of aryl methyl sites for hydroxylation is 2. The molecule has 174 valence electrons. The Balaban J connectivity index is 1.52. The second-order valence-electron chi connectivity index (χ2n) is 7.35. The zero-order valence-electron chi connectivity index (χ0n) is 19.2. The summed E-state index contributed by atoms with van der Waals surface area (Å²) in [4.78, 5) is 24.6. The Morgan fingerprint density at radius 2 is 1.79 bits per heavy atom. The monoisotopic (exact) mass is 469 g/mol. The van der Waals surface area contributed by atoms with Crippen LogP contribution in [0.2, 0.25) is 0 Å². The van der Waals surface area contributed by atoms with E-state index in [4.69, 9.17) is 9.47 Å². The SMILES string of the molecule is COc1ccc(-n2c(C)nnc2SCC(=O)NNC(=O)C(C)Oc2cccc(C)c2C)cc1. The van der Waals surface area contributed by atoms with Crippen LogP contribution in [0.4, 0.5) is 0 Å². The average Bonchev–Trinajstić information content (AvgIpc) is 3.19. The first-order valence-electron chi connectivity index (χ1n) is 10.3. The third-order valence-corrected chi connectivity index (χ3v) is 5.94. The molecule has 1 aromatic heterocycles. The smallest absolute Gasteiger partial charge is 0.279 e. The molecule has 0 bridgehead atoms. The second-order valence-corrected chi connectivity index (χ2v) is 8.29. The fourth-order valence-electron chi connectivity index (χ4n) is 2.96. The van der Waals surface area contributed by atoms with Gasteiger partial charge in [0.25, 0.3) is 5.91 Å². The van der Waals surface area contributed by atoms with Gasteiger partial charge in [-0.05, 0) is 69.2 Å². The highest BCUT2D eigenvalue weighted by molar-refractivity contribution is 7.99. The van der Waals surface area contributed by atoms with E-state index in [1.54, 1.807) is 14.0 Å². The van der Waals surface area contributed by atoms with Crippen LogP contribution in [0.25, 0.3) is 5.69 Å². The maximum absolute atomic E-state index is 12.3. The zero-order chi connectivity index (χ0) is 24.0. The minimum absolute atomic E-state index is 0.0425. The van der Waals surface area contributed by atoms with E-state index in [1.165, 1.54) is 11.8 Å². The first kappa shape index (κ1) is 24.1. The van der Waals surface area contributed by atoms with E-state index < -0.39 is 12.0 Å². The largest absolute Gasteiger partial charge is 0.497 e. The van der Waals surface area contributed by atoms with Crippen LogP contribution < -0.4 is 20.3 Å². The molecule has 0 spiro atoms. The number of rotatable bonds is 8. The number of nitrogens with zero attached hydrogens (tertiary/aromatic N) is 3. The van der Waals surface area contributed by atoms with Crippen LogP contribution in [0.15, 0.2) is 47.6 Å². The van der Waals surface area contributed by atoms with Crippen molar-refractivity contribution in [3.05, 3.63) is 59.4 Å². The lowest BCUT2D eigenvalue weighted by atomic mass is 10.1. The summed E-state index contributed by atoms with van der Waals surface area (Å²) in [7, 11) is 1.61. The van der Waals surface area contributed by atoms with E-state index in [2.05, 4.69) is 21.0 Å². The summed E-state index contributed by atoms with van der Waals surface area (Å²) in [5.41, 5.74) is 7.71. The maximum atomic E-state index is 12.3. The number of ether oxygens (including phenoxy) is 2. The summed E-state index contributed by atoms with van der Waals surface area (Å²) in [5.74, 6) is 1.27. The van der Waals surface area contributed by atoms with Gasteiger partial charge in [-0.2, -0.15) is 0 Å². The van der Waals surface area contributed by atoms with Gasteiger partial charge in [-0.15, -0.1) is 10.2 Å². The molecule has 9 nitrogen and oxygen atoms in total. The number of aromatic nitrogens is 3. The molecule has 1 unspecified atom stereocenters. The Morgan fingerprint density at radius 3 is 2.48 bits per heavy atom. The molecule has 0 radical (unpaired) electrons. The van der Waals surface area contributed by atoms with Crippen LogP contribution in [0.3, 0.4) is 0 Å². The average molecular weight is 470 g/mol. The summed E-state index contributed by atoms with van der Waals surface area (Å²) in [6.07, 6.45) is -0.778. The third-order valence-electron chi connectivity index (χ3n) is 5.01. The molecule has 0 aliphatic heterocycles. The molecule has 2 amide bonds. The molecule has 10 heteroatoms. The summed E-state index contributed by atoms with van der Waals surface area (Å²) in [6.45, 7) is 7.36. The first-order chi connectivity index (χ1) is 15.8. The molecule has 3 rings (SSSR count). The number of nitrogens with one attached hydrogen (secondary N) is 2. The molecule has 0 saturated carbocycles. The van der Waals surface area contributed by atoms with E-state index in [1.807, 2.05) is 67.8 Å². The molecule has 0 aliphatic carbocycles. The fraction of sp³-hybridized carbons (Fsp3) is 0.304. The van der Waals surface area contributed by atoms with Crippen LogP contribution in [0, 0.1) is 20.8 Å². The second kappa shape index (κ2) is 10.9. The van der Waals surface area contributed by atoms with Gasteiger partial charge in [-0.3, -0.25) is 25.0 Å². The number of hydrogen-bond donors (Lipinski definition) is 2. The highest BCUT2D eigenvalue weighted by atomic mass is 32.2. The Hall–Kier alpha value is -3.53. The standard InChI is InChI=1S/C23H27N5O4S/c1-14-7-6-8-20(15(14)2)32-16(3)22(30)26-25-21(29)13-33-23-27-24-17(4)28(23)18-9-11-19(31-5)12-10-18/h6-12,16H,13H2,1-5H3,(H,25,29)(H,26,30). The number of carbonyl (C=O) groups excluding carboxylic acids is 2. The van der Waals surface area contributed by atoms with Crippen molar-refractivity contribution in [2.45, 2.75) is 39.0 Å². The van der Waals surface area contributed by atoms with Gasteiger partial charge in [0.15, 0.2) is 11.3 Å². The molecular weight excluding hydrogens is 442 g/mol. The molecule has 2 N–H and O–H groups in total. The van der Waals surface area contributed by atoms with E-state index in [-0.39, 0.29) is 11.7 Å². The van der Waals surface area contributed by atoms with Gasteiger partial charge in [0.05, 0.1) is 12.9 Å². The molecular formula is C23H27N5O4S. The minimum atomic E-state index is -0.778. The number of hydrogen-bond acceptors (Lipinski definition) is 7. The van der Waals surface area contributed by atoms with Crippen LogP contribution in [-0.2, 0) is 9.59 Å². The lowest BCUT2D eigenvalue weighted by Gasteiger charge is -2.17. The summed E-state index contributed by atoms with van der Waals surface area (Å²) >= 11 is 1.21. The van der Waals surface area contributed by atoms with Crippen molar-refractivity contribution >= 4 is 23.6 Å². The Bertz CT molecular complexity index is 1130. The topological polar surface area (TPSA) is 107 Å². The highest BCUT2D eigenvalue weighted by Crippen LogP contribution is 2.24. The van der Waals surface area contributed by atoms with Gasteiger partial charge in [-0.25, -0.2) is 0 Å². The summed E-state index contributed by atoms with van der Waals surface area (Å²) in [5, 5.41) is 8.82. The van der Waals surface area contributed by atoms with Gasteiger partial charge < -0.3 is 9.47 Å². The molecule has 1 atom stereocenters. The van der Waals surface area contributed by atoms with Crippen molar-refractivity contribution in [2.75, 3.05) is 12.9 Å². The molecule has 0 saturated heterocycles. The van der Waals surface area contributed by atoms with Crippen molar-refractivity contribution in [3.8, 4) is 17.2 Å². The quantitative estimate of drug-likeness (QED) is 0.386. The number of amides is 2. The third kappa shape index (κ3) is 6.04. The highest BCUT2D eigenvalue weighted by Gasteiger charge is 2.18. The molecule has 0 aliphatic rings. The Kier molecular flexibility index (Phi) is 7.94. The van der Waals surface area contributed by atoms with Gasteiger partial charge in [0.1, 0.15) is 17.3 Å². The van der Waals surface area contributed by atoms with Crippen molar-refractivity contribution < 1.29 is 19.1 Å². The van der Waals surface area contributed by atoms with E-state index in [0.29, 0.717) is 16.7 Å². The number of methoxy groups -OCH3 is 1. The van der Waals surface area contributed by atoms with Crippen molar-refractivity contribution in [1.82, 2.24) is 25.6 Å². The number of carbonyl (C=O) groups is 2. The minimum Gasteiger partial charge on any atom is -0.497 e. The Labute approximate surface area is 196 Å². The number of thioether (sulfide) groups is 1. The number of hydrazine groups is 1. The van der Waals surface area contributed by atoms with E-state index >= 15 is 0 Å². The van der Waals surface area contributed by atoms with E-state index in [0.717, 1.165) is 22.6 Å². The van der Waals surface area contributed by atoms with Gasteiger partial charge in [0, 0.05) is 5.69 Å². The first-order valence-corrected chi connectivity index (χ1v) is 11.3. The van der Waals surface area contributed by atoms with Gasteiger partial charge in [0.2, 0.25) is 5.91 Å². The lowest BCUT2D eigenvalue weighted by Crippen LogP contribution is -2.47. The lowest BCUT2D eigenvalue weighted by molar-refractivity contribution is -0.131. The van der Waals surface area contributed by atoms with Crippen LogP contribution in [0.1, 0.15) is 23.9 Å². The summed E-state index contributed by atoms with van der Waals surface area (Å²) in [6, 6.07) is 13.1. The molecule has 0 fully saturated rings. The zero-order valence-corrected chi connectivity index (χ0v) is 20.0. The molecule has 1 heterocycles. The van der Waals surface area contributed by atoms with Crippen molar-refractivity contribution in [2.24, 2.45) is 0 Å². The van der Waals surface area contributed by atoms with E-state index in [9.17, 15) is 9.59 Å². The van der Waals surface area contributed by atoms with Gasteiger partial charge >= 0.3 is 0 Å². The molecule has 33 heavy (non-hydrogen) atoms. The molecule has 2 aromatic carbocycles. The Morgan fingerprint density at radius 1 is 1.06 bits per heavy atom. The van der Waals surface area contributed by atoms with Crippen LogP contribution in [0.5, 0.6) is 11.5 Å². The van der Waals surface area contributed by atoms with Crippen LogP contribution >= 0.6 is 11.8 Å². The predicted molar refractivity (Wildman–Crippen MR) is 126 cm³/mol. The van der Waals surface area contributed by atoms with Gasteiger partial charge in [-0.1, -0.05) is 23.9 Å². The number of benzene rings is 2. The fourth-order valence-corrected chi connectivity index (χ4v) is 3.76. The van der Waals surface area contributed by atoms with Crippen LogP contribution in [-0.4, -0.2) is 45.5 Å². The van der Waals surface area contributed by atoms with Crippen molar-refractivity contribution in [3.63, 3.8) is 0 Å². The predicted octanol–water partition coefficient (Wildman–Crippen LogP) is 2.91.